The van der Waals surface area contributed by atoms with Gasteiger partial charge in [0.2, 0.25) is 5.88 Å². The van der Waals surface area contributed by atoms with Gasteiger partial charge in [-0.3, -0.25) is 0 Å². The van der Waals surface area contributed by atoms with Crippen molar-refractivity contribution in [3.05, 3.63) is 35.5 Å². The fourth-order valence-electron chi connectivity index (χ4n) is 2.18. The van der Waals surface area contributed by atoms with Crippen LogP contribution in [-0.2, 0) is 6.42 Å². The maximum absolute atomic E-state index is 5.98. The van der Waals surface area contributed by atoms with Crippen LogP contribution in [-0.4, -0.2) is 5.16 Å². The van der Waals surface area contributed by atoms with Gasteiger partial charge < -0.3 is 10.3 Å². The van der Waals surface area contributed by atoms with Crippen LogP contribution >= 0.6 is 0 Å². The van der Waals surface area contributed by atoms with Crippen LogP contribution in [0.15, 0.2) is 28.8 Å². The normalized spacial score (nSPS) is 13.4. The Balaban J connectivity index is 2.38. The van der Waals surface area contributed by atoms with Gasteiger partial charge in [-0.25, -0.2) is 0 Å². The lowest BCUT2D eigenvalue weighted by Gasteiger charge is -2.26. The first-order chi connectivity index (χ1) is 9.29. The molecule has 3 nitrogen and oxygen atoms in total. The molecule has 0 aliphatic heterocycles. The summed E-state index contributed by atoms with van der Waals surface area (Å²) in [4.78, 5) is 0. The number of nitrogens with two attached hydrogens (primary N) is 1. The molecule has 20 heavy (non-hydrogen) atoms. The Morgan fingerprint density at radius 2 is 2.00 bits per heavy atom. The average molecular weight is 272 g/mol. The summed E-state index contributed by atoms with van der Waals surface area (Å²) in [5.74, 6) is 0.905. The lowest BCUT2D eigenvalue weighted by molar-refractivity contribution is 0.255. The van der Waals surface area contributed by atoms with Gasteiger partial charge in [-0.15, -0.1) is 0 Å². The van der Waals surface area contributed by atoms with Crippen molar-refractivity contribution in [2.75, 3.05) is 5.73 Å². The first kappa shape index (κ1) is 14.6. The molecule has 0 aliphatic rings. The molecular weight excluding hydrogens is 248 g/mol. The zero-order valence-electron chi connectivity index (χ0n) is 13.0. The summed E-state index contributed by atoms with van der Waals surface area (Å²) in [6.07, 6.45) is 0.869. The van der Waals surface area contributed by atoms with Gasteiger partial charge in [0.15, 0.2) is 0 Å². The van der Waals surface area contributed by atoms with E-state index in [2.05, 4.69) is 58.0 Å². The summed E-state index contributed by atoms with van der Waals surface area (Å²) in [7, 11) is 0. The van der Waals surface area contributed by atoms with Gasteiger partial charge in [0.25, 0.3) is 0 Å². The smallest absolute Gasteiger partial charge is 0.230 e. The molecule has 3 heteroatoms. The number of hydrogen-bond acceptors (Lipinski definition) is 3. The standard InChI is InChI=1S/C17H24N2O/c1-11-7-6-8-13(9-11)15-14(19-20-16(15)18)10-12(2)17(3,4)5/h6-9,12H,10,18H2,1-5H3. The van der Waals surface area contributed by atoms with E-state index in [1.165, 1.54) is 5.56 Å². The minimum atomic E-state index is 0.234. The molecule has 1 unspecified atom stereocenters. The molecule has 1 heterocycles. The number of benzene rings is 1. The van der Waals surface area contributed by atoms with E-state index in [1.54, 1.807) is 0 Å². The number of hydrogen-bond donors (Lipinski definition) is 1. The number of nitrogens with zero attached hydrogens (tertiary/aromatic N) is 1. The van der Waals surface area contributed by atoms with E-state index in [0.29, 0.717) is 11.8 Å². The summed E-state index contributed by atoms with van der Waals surface area (Å²) >= 11 is 0. The molecule has 0 aliphatic carbocycles. The van der Waals surface area contributed by atoms with Crippen molar-refractivity contribution in [3.63, 3.8) is 0 Å². The molecule has 0 bridgehead atoms. The molecule has 1 atom stereocenters. The minimum absolute atomic E-state index is 0.234. The number of rotatable bonds is 3. The van der Waals surface area contributed by atoms with E-state index in [9.17, 15) is 0 Å². The highest BCUT2D eigenvalue weighted by Gasteiger charge is 2.24. The SMILES string of the molecule is Cc1cccc(-c2c(CC(C)C(C)(C)C)noc2N)c1. The van der Waals surface area contributed by atoms with Gasteiger partial charge in [-0.2, -0.15) is 0 Å². The molecular formula is C17H24N2O. The molecule has 2 N–H and O–H groups in total. The summed E-state index contributed by atoms with van der Waals surface area (Å²) in [6, 6.07) is 8.29. The van der Waals surface area contributed by atoms with Crippen LogP contribution in [0.3, 0.4) is 0 Å². The molecule has 1 aromatic heterocycles. The van der Waals surface area contributed by atoms with Crippen LogP contribution in [0.1, 0.15) is 39.0 Å². The van der Waals surface area contributed by atoms with Gasteiger partial charge in [-0.1, -0.05) is 62.7 Å². The Morgan fingerprint density at radius 1 is 1.30 bits per heavy atom. The quantitative estimate of drug-likeness (QED) is 0.897. The molecule has 0 radical (unpaired) electrons. The lowest BCUT2D eigenvalue weighted by atomic mass is 9.79. The maximum atomic E-state index is 5.98. The number of anilines is 1. The molecule has 0 amide bonds. The van der Waals surface area contributed by atoms with Crippen LogP contribution in [0.5, 0.6) is 0 Å². The van der Waals surface area contributed by atoms with Crippen molar-refractivity contribution in [1.29, 1.82) is 0 Å². The zero-order chi connectivity index (χ0) is 14.9. The van der Waals surface area contributed by atoms with Crippen molar-refractivity contribution in [2.45, 2.75) is 41.0 Å². The van der Waals surface area contributed by atoms with Gasteiger partial charge in [-0.05, 0) is 30.2 Å². The van der Waals surface area contributed by atoms with Crippen molar-refractivity contribution in [3.8, 4) is 11.1 Å². The topological polar surface area (TPSA) is 52.0 Å². The number of aryl methyl sites for hydroxylation is 1. The average Bonchev–Trinajstić information content (AvgIpc) is 2.69. The van der Waals surface area contributed by atoms with Crippen molar-refractivity contribution >= 4 is 5.88 Å². The summed E-state index contributed by atoms with van der Waals surface area (Å²) < 4.78 is 5.23. The lowest BCUT2D eigenvalue weighted by Crippen LogP contribution is -2.19. The Hall–Kier alpha value is -1.77. The van der Waals surface area contributed by atoms with Crippen LogP contribution in [0.25, 0.3) is 11.1 Å². The highest BCUT2D eigenvalue weighted by atomic mass is 16.5. The first-order valence-corrected chi connectivity index (χ1v) is 7.10. The monoisotopic (exact) mass is 272 g/mol. The van der Waals surface area contributed by atoms with E-state index >= 15 is 0 Å². The van der Waals surface area contributed by atoms with Crippen LogP contribution in [0, 0.1) is 18.3 Å². The number of aromatic nitrogens is 1. The third kappa shape index (κ3) is 3.03. The highest BCUT2D eigenvalue weighted by Crippen LogP contribution is 2.35. The van der Waals surface area contributed by atoms with Crippen LogP contribution < -0.4 is 5.73 Å². The first-order valence-electron chi connectivity index (χ1n) is 7.10. The molecule has 108 valence electrons. The fraction of sp³-hybridized carbons (Fsp3) is 0.471. The molecule has 0 saturated heterocycles. The maximum Gasteiger partial charge on any atom is 0.230 e. The Bertz CT molecular complexity index is 593. The van der Waals surface area contributed by atoms with Crippen molar-refractivity contribution in [2.24, 2.45) is 11.3 Å². The number of nitrogen functional groups attached to an aromatic ring is 1. The van der Waals surface area contributed by atoms with Gasteiger partial charge in [0.1, 0.15) is 0 Å². The predicted molar refractivity (Wildman–Crippen MR) is 83.4 cm³/mol. The zero-order valence-corrected chi connectivity index (χ0v) is 13.0. The summed E-state index contributed by atoms with van der Waals surface area (Å²) in [5.41, 5.74) is 10.4. The van der Waals surface area contributed by atoms with E-state index < -0.39 is 0 Å². The summed E-state index contributed by atoms with van der Waals surface area (Å²) in [5, 5.41) is 4.18. The van der Waals surface area contributed by atoms with E-state index in [0.717, 1.165) is 23.2 Å². The second kappa shape index (κ2) is 5.31. The van der Waals surface area contributed by atoms with Crippen molar-refractivity contribution in [1.82, 2.24) is 5.16 Å². The second-order valence-electron chi connectivity index (χ2n) is 6.71. The van der Waals surface area contributed by atoms with E-state index in [1.807, 2.05) is 6.07 Å². The largest absolute Gasteiger partial charge is 0.367 e. The molecule has 2 aromatic rings. The Morgan fingerprint density at radius 3 is 2.60 bits per heavy atom. The molecule has 0 spiro atoms. The molecule has 2 rings (SSSR count). The second-order valence-corrected chi connectivity index (χ2v) is 6.71. The minimum Gasteiger partial charge on any atom is -0.367 e. The van der Waals surface area contributed by atoms with Crippen LogP contribution in [0.4, 0.5) is 5.88 Å². The third-order valence-corrected chi connectivity index (χ3v) is 4.07. The van der Waals surface area contributed by atoms with Gasteiger partial charge in [0, 0.05) is 0 Å². The van der Waals surface area contributed by atoms with Crippen molar-refractivity contribution < 1.29 is 4.52 Å². The summed E-state index contributed by atoms with van der Waals surface area (Å²) in [6.45, 7) is 11.0. The highest BCUT2D eigenvalue weighted by molar-refractivity contribution is 5.75. The fourth-order valence-corrected chi connectivity index (χ4v) is 2.18. The molecule has 0 saturated carbocycles. The van der Waals surface area contributed by atoms with Gasteiger partial charge >= 0.3 is 0 Å². The van der Waals surface area contributed by atoms with Gasteiger partial charge in [0.05, 0.1) is 11.3 Å². The predicted octanol–water partition coefficient (Wildman–Crippen LogP) is 4.46. The van der Waals surface area contributed by atoms with E-state index in [4.69, 9.17) is 10.3 Å². The Labute approximate surface area is 121 Å². The van der Waals surface area contributed by atoms with Crippen LogP contribution in [0.2, 0.25) is 0 Å². The Kier molecular flexibility index (Phi) is 3.89. The molecule has 0 fully saturated rings. The van der Waals surface area contributed by atoms with E-state index in [-0.39, 0.29) is 5.41 Å². The third-order valence-electron chi connectivity index (χ3n) is 4.07. The molecule has 1 aromatic carbocycles.